The van der Waals surface area contributed by atoms with Crippen LogP contribution in [0.5, 0.6) is 0 Å². The van der Waals surface area contributed by atoms with Crippen molar-refractivity contribution in [3.63, 3.8) is 0 Å². The van der Waals surface area contributed by atoms with Gasteiger partial charge < -0.3 is 4.74 Å². The Hall–Kier alpha value is -1.22. The summed E-state index contributed by atoms with van der Waals surface area (Å²) in [7, 11) is 0. The molecule has 2 bridgehead atoms. The fourth-order valence-electron chi connectivity index (χ4n) is 3.58. The Bertz CT molecular complexity index is 468. The zero-order chi connectivity index (χ0) is 13.4. The summed E-state index contributed by atoms with van der Waals surface area (Å²) in [5.41, 5.74) is 1.08. The van der Waals surface area contributed by atoms with E-state index in [1.54, 1.807) is 0 Å². The Morgan fingerprint density at radius 2 is 2.05 bits per heavy atom. The molecule has 3 heteroatoms. The summed E-state index contributed by atoms with van der Waals surface area (Å²) in [5, 5.41) is 0. The molecule has 2 nitrogen and oxygen atoms in total. The number of hydrogen-bond donors (Lipinski definition) is 0. The highest BCUT2D eigenvalue weighted by Gasteiger charge is 2.46. The molecule has 4 unspecified atom stereocenters. The van der Waals surface area contributed by atoms with E-state index in [0.29, 0.717) is 6.42 Å². The summed E-state index contributed by atoms with van der Waals surface area (Å²) in [6, 6.07) is 6.61. The van der Waals surface area contributed by atoms with Gasteiger partial charge in [-0.3, -0.25) is 4.79 Å². The number of fused-ring (bicyclic) bond motifs is 2. The monoisotopic (exact) mass is 262 g/mol. The van der Waals surface area contributed by atoms with Crippen molar-refractivity contribution in [1.82, 2.24) is 0 Å². The lowest BCUT2D eigenvalue weighted by Crippen LogP contribution is -2.38. The fraction of sp³-hybridized carbons (Fsp3) is 0.562. The highest BCUT2D eigenvalue weighted by atomic mass is 19.1. The van der Waals surface area contributed by atoms with Crippen LogP contribution in [-0.2, 0) is 9.53 Å². The lowest BCUT2D eigenvalue weighted by molar-refractivity contribution is -0.133. The van der Waals surface area contributed by atoms with Crippen LogP contribution in [-0.4, -0.2) is 18.0 Å². The summed E-state index contributed by atoms with van der Waals surface area (Å²) in [6.07, 6.45) is 3.82. The fourth-order valence-corrected chi connectivity index (χ4v) is 3.58. The topological polar surface area (TPSA) is 26.3 Å². The van der Waals surface area contributed by atoms with Crippen LogP contribution in [0, 0.1) is 11.7 Å². The molecule has 1 aromatic rings. The Balaban J connectivity index is 1.92. The Kier molecular flexibility index (Phi) is 3.40. The van der Waals surface area contributed by atoms with Crippen LogP contribution >= 0.6 is 0 Å². The second kappa shape index (κ2) is 5.04. The minimum atomic E-state index is -0.225. The number of rotatable bonds is 3. The zero-order valence-corrected chi connectivity index (χ0v) is 11.1. The number of halogens is 1. The zero-order valence-electron chi connectivity index (χ0n) is 11.1. The van der Waals surface area contributed by atoms with Crippen LogP contribution in [0.2, 0.25) is 0 Å². The van der Waals surface area contributed by atoms with Gasteiger partial charge in [-0.1, -0.05) is 19.1 Å². The van der Waals surface area contributed by atoms with Crippen molar-refractivity contribution < 1.29 is 13.9 Å². The van der Waals surface area contributed by atoms with E-state index in [9.17, 15) is 9.18 Å². The van der Waals surface area contributed by atoms with Gasteiger partial charge in [-0.25, -0.2) is 4.39 Å². The molecule has 102 valence electrons. The molecular weight excluding hydrogens is 243 g/mol. The molecule has 0 aliphatic carbocycles. The minimum Gasteiger partial charge on any atom is -0.374 e. The van der Waals surface area contributed by atoms with Crippen LogP contribution in [0.4, 0.5) is 4.39 Å². The van der Waals surface area contributed by atoms with Gasteiger partial charge >= 0.3 is 0 Å². The van der Waals surface area contributed by atoms with Crippen LogP contribution in [0.15, 0.2) is 24.3 Å². The number of ether oxygens (including phenoxy) is 1. The van der Waals surface area contributed by atoms with Crippen molar-refractivity contribution in [3.8, 4) is 0 Å². The molecule has 0 aromatic heterocycles. The first kappa shape index (κ1) is 12.8. The number of carbonyl (C=O) groups is 1. The maximum Gasteiger partial charge on any atom is 0.138 e. The molecule has 4 atom stereocenters. The summed E-state index contributed by atoms with van der Waals surface area (Å²) >= 11 is 0. The Labute approximate surface area is 113 Å². The normalized spacial score (nSPS) is 33.4. The first-order valence-electron chi connectivity index (χ1n) is 7.12. The van der Waals surface area contributed by atoms with Gasteiger partial charge in [0.2, 0.25) is 0 Å². The van der Waals surface area contributed by atoms with Crippen LogP contribution in [0.3, 0.4) is 0 Å². The van der Waals surface area contributed by atoms with Crippen molar-refractivity contribution in [2.75, 3.05) is 0 Å². The number of ketones is 1. The molecule has 2 saturated heterocycles. The van der Waals surface area contributed by atoms with Crippen molar-refractivity contribution in [3.05, 3.63) is 35.6 Å². The number of hydrogen-bond acceptors (Lipinski definition) is 2. The van der Waals surface area contributed by atoms with E-state index in [1.165, 1.54) is 12.1 Å². The predicted octanol–water partition coefficient (Wildman–Crippen LogP) is 3.46. The third kappa shape index (κ3) is 2.32. The SMILES string of the molecule is CCC(=O)C1C2CCC(CC1c1ccc(F)cc1)O2. The maximum absolute atomic E-state index is 13.0. The molecular formula is C16H19FO2. The van der Waals surface area contributed by atoms with E-state index in [0.717, 1.165) is 24.8 Å². The molecule has 0 radical (unpaired) electrons. The van der Waals surface area contributed by atoms with Gasteiger partial charge in [0, 0.05) is 6.42 Å². The Morgan fingerprint density at radius 3 is 2.74 bits per heavy atom. The average Bonchev–Trinajstić information content (AvgIpc) is 2.80. The van der Waals surface area contributed by atoms with E-state index in [-0.39, 0.29) is 35.6 Å². The highest BCUT2D eigenvalue weighted by molar-refractivity contribution is 5.82. The second-order valence-electron chi connectivity index (χ2n) is 5.61. The van der Waals surface area contributed by atoms with Crippen molar-refractivity contribution in [2.45, 2.75) is 50.7 Å². The first-order valence-corrected chi connectivity index (χ1v) is 7.12. The second-order valence-corrected chi connectivity index (χ2v) is 5.61. The first-order chi connectivity index (χ1) is 9.19. The van der Waals surface area contributed by atoms with Gasteiger partial charge in [0.1, 0.15) is 11.6 Å². The molecule has 2 heterocycles. The van der Waals surface area contributed by atoms with E-state index < -0.39 is 0 Å². The number of carbonyl (C=O) groups excluding carboxylic acids is 1. The average molecular weight is 262 g/mol. The van der Waals surface area contributed by atoms with Crippen molar-refractivity contribution in [2.24, 2.45) is 5.92 Å². The van der Waals surface area contributed by atoms with Gasteiger partial charge in [-0.15, -0.1) is 0 Å². The number of Topliss-reactive ketones (excluding diaryl/α,β-unsaturated/α-hetero) is 1. The molecule has 19 heavy (non-hydrogen) atoms. The van der Waals surface area contributed by atoms with Gasteiger partial charge in [0.25, 0.3) is 0 Å². The molecule has 2 fully saturated rings. The maximum atomic E-state index is 13.0. The van der Waals surface area contributed by atoms with E-state index >= 15 is 0 Å². The van der Waals surface area contributed by atoms with Crippen LogP contribution in [0.1, 0.15) is 44.1 Å². The van der Waals surface area contributed by atoms with Gasteiger partial charge in [-0.2, -0.15) is 0 Å². The highest BCUT2D eigenvalue weighted by Crippen LogP contribution is 2.45. The predicted molar refractivity (Wildman–Crippen MR) is 70.4 cm³/mol. The Morgan fingerprint density at radius 1 is 1.32 bits per heavy atom. The third-order valence-electron chi connectivity index (χ3n) is 4.51. The summed E-state index contributed by atoms with van der Waals surface area (Å²) in [4.78, 5) is 12.3. The number of benzene rings is 1. The molecule has 0 N–H and O–H groups in total. The standard InChI is InChI=1S/C16H19FO2/c1-2-14(18)16-13(9-12-7-8-15(16)19-12)10-3-5-11(17)6-4-10/h3-6,12-13,15-16H,2,7-9H2,1H3. The summed E-state index contributed by atoms with van der Waals surface area (Å²) < 4.78 is 19.0. The van der Waals surface area contributed by atoms with Crippen LogP contribution < -0.4 is 0 Å². The minimum absolute atomic E-state index is 0.0470. The van der Waals surface area contributed by atoms with E-state index in [2.05, 4.69) is 0 Å². The quantitative estimate of drug-likeness (QED) is 0.834. The smallest absolute Gasteiger partial charge is 0.138 e. The van der Waals surface area contributed by atoms with Crippen molar-refractivity contribution >= 4 is 5.78 Å². The van der Waals surface area contributed by atoms with Crippen LogP contribution in [0.25, 0.3) is 0 Å². The van der Waals surface area contributed by atoms with Gasteiger partial charge in [0.15, 0.2) is 0 Å². The lowest BCUT2D eigenvalue weighted by atomic mass is 9.76. The summed E-state index contributed by atoms with van der Waals surface area (Å²) in [5.74, 6) is 0.199. The van der Waals surface area contributed by atoms with E-state index in [4.69, 9.17) is 4.74 Å². The molecule has 0 saturated carbocycles. The van der Waals surface area contributed by atoms with E-state index in [1.807, 2.05) is 19.1 Å². The molecule has 0 spiro atoms. The molecule has 0 amide bonds. The largest absolute Gasteiger partial charge is 0.374 e. The molecule has 2 aliphatic heterocycles. The molecule has 3 rings (SSSR count). The molecule has 2 aliphatic rings. The molecule has 1 aromatic carbocycles. The summed E-state index contributed by atoms with van der Waals surface area (Å²) in [6.45, 7) is 1.91. The lowest BCUT2D eigenvalue weighted by Gasteiger charge is -2.36. The van der Waals surface area contributed by atoms with Gasteiger partial charge in [-0.05, 0) is 42.9 Å². The third-order valence-corrected chi connectivity index (χ3v) is 4.51. The van der Waals surface area contributed by atoms with Crippen molar-refractivity contribution in [1.29, 1.82) is 0 Å². The van der Waals surface area contributed by atoms with Gasteiger partial charge in [0.05, 0.1) is 18.1 Å².